The van der Waals surface area contributed by atoms with Crippen LogP contribution in [-0.2, 0) is 0 Å². The number of nitrogens with zero attached hydrogens (tertiary/aromatic N) is 2. The second-order valence-corrected chi connectivity index (χ2v) is 3.83. The first-order valence-corrected chi connectivity index (χ1v) is 5.17. The smallest absolute Gasteiger partial charge is 0.292 e. The summed E-state index contributed by atoms with van der Waals surface area (Å²) in [5, 5.41) is 0. The summed E-state index contributed by atoms with van der Waals surface area (Å²) in [6, 6.07) is 7.41. The van der Waals surface area contributed by atoms with Gasteiger partial charge < -0.3 is 4.98 Å². The molecule has 84 valence electrons. The average Bonchev–Trinajstić information content (AvgIpc) is 2.68. The Morgan fingerprint density at radius 1 is 1.35 bits per heavy atom. The Labute approximate surface area is 95.7 Å². The quantitative estimate of drug-likeness (QED) is 0.637. The van der Waals surface area contributed by atoms with Crippen molar-refractivity contribution in [3.8, 4) is 0 Å². The van der Waals surface area contributed by atoms with E-state index in [0.717, 1.165) is 11.0 Å². The van der Waals surface area contributed by atoms with Crippen molar-refractivity contribution in [3.63, 3.8) is 0 Å². The summed E-state index contributed by atoms with van der Waals surface area (Å²) in [4.78, 5) is 29.4. The number of hydrogen-bond donors (Lipinski definition) is 1. The van der Waals surface area contributed by atoms with Crippen LogP contribution < -0.4 is 5.56 Å². The van der Waals surface area contributed by atoms with Crippen molar-refractivity contribution in [3.05, 3.63) is 46.0 Å². The predicted molar refractivity (Wildman–Crippen MR) is 63.4 cm³/mol. The zero-order valence-corrected chi connectivity index (χ0v) is 9.10. The lowest BCUT2D eigenvalue weighted by Crippen LogP contribution is -2.11. The van der Waals surface area contributed by atoms with Gasteiger partial charge in [0.1, 0.15) is 5.69 Å². The molecule has 0 spiro atoms. The molecule has 2 aromatic heterocycles. The molecule has 0 atom stereocenters. The molecule has 0 fully saturated rings. The monoisotopic (exact) mass is 227 g/mol. The number of aldehydes is 1. The Morgan fingerprint density at radius 2 is 2.12 bits per heavy atom. The summed E-state index contributed by atoms with van der Waals surface area (Å²) in [6.45, 7) is 1.77. The zero-order chi connectivity index (χ0) is 12.0. The van der Waals surface area contributed by atoms with Crippen LogP contribution in [-0.4, -0.2) is 20.7 Å². The normalized spacial score (nSPS) is 11.1. The number of aromatic nitrogens is 3. The van der Waals surface area contributed by atoms with Gasteiger partial charge in [-0.15, -0.1) is 0 Å². The van der Waals surface area contributed by atoms with Gasteiger partial charge in [0.15, 0.2) is 6.29 Å². The Kier molecular flexibility index (Phi) is 1.89. The highest BCUT2D eigenvalue weighted by Crippen LogP contribution is 2.15. The summed E-state index contributed by atoms with van der Waals surface area (Å²) in [5.41, 5.74) is 2.50. The molecule has 0 saturated heterocycles. The van der Waals surface area contributed by atoms with E-state index in [0.29, 0.717) is 17.7 Å². The van der Waals surface area contributed by atoms with Gasteiger partial charge in [-0.25, -0.2) is 4.98 Å². The number of H-pyrrole nitrogens is 1. The van der Waals surface area contributed by atoms with Crippen LogP contribution in [0.2, 0.25) is 0 Å². The number of imidazole rings is 1. The number of hydrogen-bond acceptors (Lipinski definition) is 3. The van der Waals surface area contributed by atoms with Crippen LogP contribution in [0.15, 0.2) is 29.1 Å². The number of carbonyl (C=O) groups is 1. The molecule has 0 aliphatic carbocycles. The van der Waals surface area contributed by atoms with Crippen molar-refractivity contribution in [2.75, 3.05) is 0 Å². The molecule has 0 aliphatic heterocycles. The maximum absolute atomic E-state index is 11.8. The van der Waals surface area contributed by atoms with Crippen LogP contribution in [0.5, 0.6) is 0 Å². The molecule has 0 saturated carbocycles. The van der Waals surface area contributed by atoms with E-state index in [1.165, 1.54) is 0 Å². The Hall–Kier alpha value is -2.43. The molecule has 1 aromatic carbocycles. The second kappa shape index (κ2) is 3.28. The third-order valence-electron chi connectivity index (χ3n) is 2.85. The van der Waals surface area contributed by atoms with E-state index in [-0.39, 0.29) is 11.2 Å². The molecule has 3 rings (SSSR count). The summed E-state index contributed by atoms with van der Waals surface area (Å²) < 4.78 is 1.71. The number of benzene rings is 1. The molecule has 0 bridgehead atoms. The second-order valence-electron chi connectivity index (χ2n) is 3.83. The molecule has 0 unspecified atom stereocenters. The molecule has 2 heterocycles. The van der Waals surface area contributed by atoms with Crippen molar-refractivity contribution >= 4 is 23.0 Å². The molecule has 5 nitrogen and oxygen atoms in total. The average molecular weight is 227 g/mol. The van der Waals surface area contributed by atoms with E-state index in [1.54, 1.807) is 11.3 Å². The fraction of sp³-hybridized carbons (Fsp3) is 0.0833. The van der Waals surface area contributed by atoms with Crippen LogP contribution in [0, 0.1) is 6.92 Å². The van der Waals surface area contributed by atoms with Gasteiger partial charge in [0.25, 0.3) is 5.56 Å². The summed E-state index contributed by atoms with van der Waals surface area (Å²) in [5.74, 6) is 0. The Balaban J connectivity index is 2.68. The first kappa shape index (κ1) is 9.77. The number of carbonyl (C=O) groups excluding carboxylic acids is 1. The highest BCUT2D eigenvalue weighted by molar-refractivity contribution is 5.81. The van der Waals surface area contributed by atoms with Crippen LogP contribution in [0.1, 0.15) is 16.2 Å². The third-order valence-corrected chi connectivity index (χ3v) is 2.85. The first-order valence-electron chi connectivity index (χ1n) is 5.17. The van der Waals surface area contributed by atoms with Gasteiger partial charge in [0.05, 0.1) is 16.7 Å². The van der Waals surface area contributed by atoms with Gasteiger partial charge in [-0.05, 0) is 19.1 Å². The van der Waals surface area contributed by atoms with Crippen molar-refractivity contribution in [2.45, 2.75) is 6.92 Å². The molecule has 5 heteroatoms. The Morgan fingerprint density at radius 3 is 2.88 bits per heavy atom. The zero-order valence-electron chi connectivity index (χ0n) is 9.10. The molecule has 0 amide bonds. The molecular weight excluding hydrogens is 218 g/mol. The van der Waals surface area contributed by atoms with Crippen LogP contribution in [0.4, 0.5) is 0 Å². The van der Waals surface area contributed by atoms with Crippen molar-refractivity contribution in [1.82, 2.24) is 14.4 Å². The number of aryl methyl sites for hydroxylation is 1. The standard InChI is InChI=1S/C12H9N3O2/c1-7-9(6-16)13-11-12(17)14-8-4-2-3-5-10(8)15(7)11/h2-6H,1H3,(H,14,17). The lowest BCUT2D eigenvalue weighted by molar-refractivity contribution is 0.111. The van der Waals surface area contributed by atoms with E-state index in [4.69, 9.17) is 0 Å². The molecule has 0 aliphatic rings. The van der Waals surface area contributed by atoms with Gasteiger partial charge >= 0.3 is 0 Å². The lowest BCUT2D eigenvalue weighted by Gasteiger charge is -2.02. The SMILES string of the molecule is Cc1c(C=O)nc2c(=O)[nH]c3ccccc3n12. The maximum Gasteiger partial charge on any atom is 0.292 e. The van der Waals surface area contributed by atoms with Gasteiger partial charge in [0.2, 0.25) is 5.65 Å². The lowest BCUT2D eigenvalue weighted by atomic mass is 10.3. The van der Waals surface area contributed by atoms with Gasteiger partial charge in [0, 0.05) is 0 Å². The minimum atomic E-state index is -0.292. The Bertz CT molecular complexity index is 798. The van der Waals surface area contributed by atoms with E-state index in [1.807, 2.05) is 24.3 Å². The van der Waals surface area contributed by atoms with Crippen molar-refractivity contribution in [1.29, 1.82) is 0 Å². The number of para-hydroxylation sites is 2. The van der Waals surface area contributed by atoms with Crippen LogP contribution >= 0.6 is 0 Å². The highest BCUT2D eigenvalue weighted by atomic mass is 16.1. The summed E-state index contributed by atoms with van der Waals surface area (Å²) in [7, 11) is 0. The van der Waals surface area contributed by atoms with E-state index >= 15 is 0 Å². The van der Waals surface area contributed by atoms with Crippen LogP contribution in [0.3, 0.4) is 0 Å². The summed E-state index contributed by atoms with van der Waals surface area (Å²) >= 11 is 0. The van der Waals surface area contributed by atoms with E-state index in [2.05, 4.69) is 9.97 Å². The first-order chi connectivity index (χ1) is 8.22. The van der Waals surface area contributed by atoms with E-state index < -0.39 is 0 Å². The van der Waals surface area contributed by atoms with Crippen molar-refractivity contribution < 1.29 is 4.79 Å². The van der Waals surface area contributed by atoms with E-state index in [9.17, 15) is 9.59 Å². The number of fused-ring (bicyclic) bond motifs is 3. The largest absolute Gasteiger partial charge is 0.317 e. The predicted octanol–water partition coefficient (Wildman–Crippen LogP) is 1.30. The minimum Gasteiger partial charge on any atom is -0.317 e. The number of aromatic amines is 1. The fourth-order valence-corrected chi connectivity index (χ4v) is 2.03. The fourth-order valence-electron chi connectivity index (χ4n) is 2.03. The topological polar surface area (TPSA) is 67.2 Å². The summed E-state index contributed by atoms with van der Waals surface area (Å²) in [6.07, 6.45) is 0.663. The van der Waals surface area contributed by atoms with Crippen molar-refractivity contribution in [2.24, 2.45) is 0 Å². The number of nitrogens with one attached hydrogen (secondary N) is 1. The molecule has 3 aromatic rings. The molecule has 17 heavy (non-hydrogen) atoms. The number of rotatable bonds is 1. The maximum atomic E-state index is 11.8. The third kappa shape index (κ3) is 1.22. The van der Waals surface area contributed by atoms with Gasteiger partial charge in [-0.2, -0.15) is 0 Å². The van der Waals surface area contributed by atoms with Gasteiger partial charge in [-0.3, -0.25) is 14.0 Å². The molecular formula is C12H9N3O2. The molecule has 1 N–H and O–H groups in total. The minimum absolute atomic E-state index is 0.253. The van der Waals surface area contributed by atoms with Gasteiger partial charge in [-0.1, -0.05) is 12.1 Å². The highest BCUT2D eigenvalue weighted by Gasteiger charge is 2.12. The molecule has 0 radical (unpaired) electrons. The van der Waals surface area contributed by atoms with Crippen LogP contribution in [0.25, 0.3) is 16.7 Å².